The molecule has 0 radical (unpaired) electrons. The van der Waals surface area contributed by atoms with Crippen LogP contribution in [0.3, 0.4) is 0 Å². The van der Waals surface area contributed by atoms with Crippen LogP contribution in [0.2, 0.25) is 0 Å². The lowest BCUT2D eigenvalue weighted by Gasteiger charge is -2.35. The van der Waals surface area contributed by atoms with E-state index in [2.05, 4.69) is 58.6 Å². The monoisotopic (exact) mass is 395 g/mol. The maximum absolute atomic E-state index is 11.8. The van der Waals surface area contributed by atoms with E-state index in [1.54, 1.807) is 0 Å². The molecule has 0 aliphatic carbocycles. The third-order valence-electron chi connectivity index (χ3n) is 6.27. The summed E-state index contributed by atoms with van der Waals surface area (Å²) >= 11 is 0. The number of rotatable bonds is 6. The molecule has 4 heteroatoms. The third kappa shape index (κ3) is 3.98. The summed E-state index contributed by atoms with van der Waals surface area (Å²) in [6.07, 6.45) is 0.942. The molecule has 156 valence electrons. The Bertz CT molecular complexity index is 882. The highest BCUT2D eigenvalue weighted by molar-refractivity contribution is 5.90. The molecule has 0 aromatic heterocycles. The lowest BCUT2D eigenvalue weighted by atomic mass is 9.74. The van der Waals surface area contributed by atoms with E-state index in [4.69, 9.17) is 9.47 Å². The van der Waals surface area contributed by atoms with Crippen molar-refractivity contribution in [2.24, 2.45) is 5.92 Å². The summed E-state index contributed by atoms with van der Waals surface area (Å²) < 4.78 is 10.9. The standard InChI is InChI=1S/C25H33NO3/c1-16(2)25(5,6)22-15-21(14-19-12-13-29-23(19)22)26(17(3)4)20-10-8-18(9-11-20)24(27)28-7/h8-11,14-17H,12-13H2,1-7H3. The van der Waals surface area contributed by atoms with Gasteiger partial charge in [-0.25, -0.2) is 4.79 Å². The van der Waals surface area contributed by atoms with Crippen LogP contribution in [0.5, 0.6) is 5.75 Å². The topological polar surface area (TPSA) is 38.8 Å². The molecule has 0 fully saturated rings. The lowest BCUT2D eigenvalue weighted by molar-refractivity contribution is 0.0601. The highest BCUT2D eigenvalue weighted by atomic mass is 16.5. The van der Waals surface area contributed by atoms with E-state index >= 15 is 0 Å². The van der Waals surface area contributed by atoms with Crippen molar-refractivity contribution >= 4 is 17.3 Å². The number of hydrogen-bond donors (Lipinski definition) is 0. The van der Waals surface area contributed by atoms with E-state index in [9.17, 15) is 4.79 Å². The highest BCUT2D eigenvalue weighted by Crippen LogP contribution is 2.45. The van der Waals surface area contributed by atoms with Gasteiger partial charge in [-0.2, -0.15) is 0 Å². The number of benzene rings is 2. The van der Waals surface area contributed by atoms with Crippen molar-refractivity contribution < 1.29 is 14.3 Å². The summed E-state index contributed by atoms with van der Waals surface area (Å²) in [5.74, 6) is 1.23. The number of anilines is 2. The van der Waals surface area contributed by atoms with E-state index in [1.807, 2.05) is 24.3 Å². The first kappa shape index (κ1) is 21.2. The summed E-state index contributed by atoms with van der Waals surface area (Å²) in [6, 6.07) is 12.4. The molecule has 2 aromatic carbocycles. The Labute approximate surface area is 174 Å². The van der Waals surface area contributed by atoms with Gasteiger partial charge < -0.3 is 14.4 Å². The smallest absolute Gasteiger partial charge is 0.337 e. The minimum atomic E-state index is -0.316. The zero-order chi connectivity index (χ0) is 21.3. The van der Waals surface area contributed by atoms with E-state index in [1.165, 1.54) is 23.9 Å². The van der Waals surface area contributed by atoms with Crippen LogP contribution in [0.25, 0.3) is 0 Å². The average molecular weight is 396 g/mol. The zero-order valence-electron chi connectivity index (χ0n) is 18.7. The van der Waals surface area contributed by atoms with Gasteiger partial charge in [0, 0.05) is 29.4 Å². The van der Waals surface area contributed by atoms with Crippen molar-refractivity contribution in [2.45, 2.75) is 59.4 Å². The van der Waals surface area contributed by atoms with E-state index in [0.717, 1.165) is 24.5 Å². The van der Waals surface area contributed by atoms with Gasteiger partial charge >= 0.3 is 5.97 Å². The van der Waals surface area contributed by atoms with Crippen molar-refractivity contribution in [1.29, 1.82) is 0 Å². The van der Waals surface area contributed by atoms with E-state index < -0.39 is 0 Å². The molecule has 4 nitrogen and oxygen atoms in total. The fraction of sp³-hybridized carbons (Fsp3) is 0.480. The maximum Gasteiger partial charge on any atom is 0.337 e. The molecule has 1 aliphatic rings. The minimum Gasteiger partial charge on any atom is -0.493 e. The Morgan fingerprint density at radius 2 is 1.72 bits per heavy atom. The van der Waals surface area contributed by atoms with Crippen LogP contribution in [0.15, 0.2) is 36.4 Å². The Hall–Kier alpha value is -2.49. The van der Waals surface area contributed by atoms with E-state index in [0.29, 0.717) is 11.5 Å². The third-order valence-corrected chi connectivity index (χ3v) is 6.27. The summed E-state index contributed by atoms with van der Waals surface area (Å²) in [7, 11) is 1.40. The molecule has 0 amide bonds. The molecule has 29 heavy (non-hydrogen) atoms. The second-order valence-corrected chi connectivity index (χ2v) is 8.96. The van der Waals surface area contributed by atoms with E-state index in [-0.39, 0.29) is 17.4 Å². The molecule has 0 bridgehead atoms. The van der Waals surface area contributed by atoms with Crippen LogP contribution in [0.4, 0.5) is 11.4 Å². The Kier molecular flexibility index (Phi) is 5.92. The normalized spacial score (nSPS) is 13.4. The van der Waals surface area contributed by atoms with Gasteiger partial charge in [-0.3, -0.25) is 0 Å². The molecule has 0 unspecified atom stereocenters. The number of esters is 1. The Morgan fingerprint density at radius 1 is 1.07 bits per heavy atom. The van der Waals surface area contributed by atoms with Crippen LogP contribution in [-0.2, 0) is 16.6 Å². The summed E-state index contributed by atoms with van der Waals surface area (Å²) in [5, 5.41) is 0. The van der Waals surface area contributed by atoms with Crippen molar-refractivity contribution in [3.8, 4) is 5.75 Å². The maximum atomic E-state index is 11.8. The number of ether oxygens (including phenoxy) is 2. The second kappa shape index (κ2) is 8.10. The molecule has 1 aliphatic heterocycles. The van der Waals surface area contributed by atoms with Crippen LogP contribution in [0, 0.1) is 5.92 Å². The molecule has 0 N–H and O–H groups in total. The van der Waals surface area contributed by atoms with Crippen LogP contribution < -0.4 is 9.64 Å². The number of carbonyl (C=O) groups is 1. The summed E-state index contributed by atoms with van der Waals surface area (Å²) in [6.45, 7) is 14.2. The van der Waals surface area contributed by atoms with Crippen molar-refractivity contribution in [2.75, 3.05) is 18.6 Å². The van der Waals surface area contributed by atoms with Crippen molar-refractivity contribution in [1.82, 2.24) is 0 Å². The predicted molar refractivity (Wildman–Crippen MR) is 119 cm³/mol. The molecule has 3 rings (SSSR count). The minimum absolute atomic E-state index is 0.00181. The largest absolute Gasteiger partial charge is 0.493 e. The summed E-state index contributed by atoms with van der Waals surface area (Å²) in [5.41, 5.74) is 5.34. The van der Waals surface area contributed by atoms with Gasteiger partial charge in [0.2, 0.25) is 0 Å². The predicted octanol–water partition coefficient (Wildman–Crippen LogP) is 5.89. The van der Waals surface area contributed by atoms with Crippen LogP contribution >= 0.6 is 0 Å². The molecule has 0 spiro atoms. The first-order valence-electron chi connectivity index (χ1n) is 10.4. The molecule has 2 aromatic rings. The summed E-state index contributed by atoms with van der Waals surface area (Å²) in [4.78, 5) is 14.1. The number of carbonyl (C=O) groups excluding carboxylic acids is 1. The van der Waals surface area contributed by atoms with Gasteiger partial charge in [0.1, 0.15) is 5.75 Å². The van der Waals surface area contributed by atoms with Gasteiger partial charge in [-0.1, -0.05) is 27.7 Å². The highest BCUT2D eigenvalue weighted by Gasteiger charge is 2.32. The number of methoxy groups -OCH3 is 1. The van der Waals surface area contributed by atoms with Gasteiger partial charge in [-0.15, -0.1) is 0 Å². The first-order chi connectivity index (χ1) is 13.7. The molecular weight excluding hydrogens is 362 g/mol. The van der Waals surface area contributed by atoms with Gasteiger partial charge in [0.05, 0.1) is 19.3 Å². The first-order valence-corrected chi connectivity index (χ1v) is 10.4. The van der Waals surface area contributed by atoms with Gasteiger partial charge in [0.15, 0.2) is 0 Å². The van der Waals surface area contributed by atoms with Crippen molar-refractivity contribution in [3.63, 3.8) is 0 Å². The Morgan fingerprint density at radius 3 is 2.28 bits per heavy atom. The van der Waals surface area contributed by atoms with Crippen LogP contribution in [0.1, 0.15) is 63.0 Å². The van der Waals surface area contributed by atoms with Gasteiger partial charge in [-0.05, 0) is 67.1 Å². The number of hydrogen-bond acceptors (Lipinski definition) is 4. The number of nitrogens with zero attached hydrogens (tertiary/aromatic N) is 1. The average Bonchev–Trinajstić information content (AvgIpc) is 3.15. The molecule has 0 atom stereocenters. The fourth-order valence-electron chi connectivity index (χ4n) is 3.84. The Balaban J connectivity index is 2.10. The molecular formula is C25H33NO3. The SMILES string of the molecule is COC(=O)c1ccc(N(c2cc3c(c(C(C)(C)C(C)C)c2)OCC3)C(C)C)cc1. The van der Waals surface area contributed by atoms with Crippen LogP contribution in [-0.4, -0.2) is 25.7 Å². The molecule has 0 saturated heterocycles. The van der Waals surface area contributed by atoms with Crippen molar-refractivity contribution in [3.05, 3.63) is 53.1 Å². The zero-order valence-corrected chi connectivity index (χ0v) is 18.7. The quantitative estimate of drug-likeness (QED) is 0.572. The molecule has 1 heterocycles. The number of fused-ring (bicyclic) bond motifs is 1. The van der Waals surface area contributed by atoms with Gasteiger partial charge in [0.25, 0.3) is 0 Å². The fourth-order valence-corrected chi connectivity index (χ4v) is 3.84. The molecule has 0 saturated carbocycles. The second-order valence-electron chi connectivity index (χ2n) is 8.96. The lowest BCUT2D eigenvalue weighted by Crippen LogP contribution is -2.28.